The Balaban J connectivity index is 1.82. The maximum Gasteiger partial charge on any atom is 0.229 e. The minimum Gasteiger partial charge on any atom is -0.316 e. The van der Waals surface area contributed by atoms with Gasteiger partial charge in [-0.3, -0.25) is 10.1 Å². The maximum absolute atomic E-state index is 11.5. The number of aromatic nitrogens is 2. The molecule has 0 bridgehead atoms. The number of anilines is 1. The van der Waals surface area contributed by atoms with Gasteiger partial charge in [0.05, 0.1) is 0 Å². The molecule has 1 aromatic rings. The molecule has 2 N–H and O–H groups in total. The quantitative estimate of drug-likeness (QED) is 0.752. The average molecular weight is 206 g/mol. The second-order valence-electron chi connectivity index (χ2n) is 3.68. The monoisotopic (exact) mass is 206 g/mol. The number of nitrogens with one attached hydrogen (secondary N) is 2. The van der Waals surface area contributed by atoms with E-state index >= 15 is 0 Å². The van der Waals surface area contributed by atoms with Crippen LogP contribution in [0.15, 0.2) is 18.5 Å². The third-order valence-electron chi connectivity index (χ3n) is 2.45. The standard InChI is InChI=1S/C10H14N4O/c15-9(6-8-2-5-11-7-8)14-10-12-3-1-4-13-10/h1,3-4,8,11H,2,5-7H2,(H,12,13,14,15). The van der Waals surface area contributed by atoms with E-state index in [1.54, 1.807) is 18.5 Å². The Hall–Kier alpha value is -1.49. The van der Waals surface area contributed by atoms with Crippen molar-refractivity contribution in [2.24, 2.45) is 5.92 Å². The van der Waals surface area contributed by atoms with Gasteiger partial charge in [0.15, 0.2) is 0 Å². The summed E-state index contributed by atoms with van der Waals surface area (Å²) in [7, 11) is 0. The lowest BCUT2D eigenvalue weighted by atomic mass is 10.1. The lowest BCUT2D eigenvalue weighted by Gasteiger charge is -2.07. The van der Waals surface area contributed by atoms with Crippen molar-refractivity contribution in [2.75, 3.05) is 18.4 Å². The van der Waals surface area contributed by atoms with Crippen LogP contribution >= 0.6 is 0 Å². The van der Waals surface area contributed by atoms with Gasteiger partial charge in [-0.15, -0.1) is 0 Å². The van der Waals surface area contributed by atoms with Crippen LogP contribution in [-0.4, -0.2) is 29.0 Å². The van der Waals surface area contributed by atoms with E-state index in [0.717, 1.165) is 19.5 Å². The molecule has 5 nitrogen and oxygen atoms in total. The average Bonchev–Trinajstić information content (AvgIpc) is 2.71. The Morgan fingerprint density at radius 2 is 2.33 bits per heavy atom. The van der Waals surface area contributed by atoms with E-state index in [1.165, 1.54) is 0 Å². The van der Waals surface area contributed by atoms with Crippen LogP contribution in [0.5, 0.6) is 0 Å². The molecule has 2 rings (SSSR count). The predicted octanol–water partition coefficient (Wildman–Crippen LogP) is 0.415. The highest BCUT2D eigenvalue weighted by Crippen LogP contribution is 2.12. The van der Waals surface area contributed by atoms with Crippen molar-refractivity contribution < 1.29 is 4.79 Å². The first-order valence-electron chi connectivity index (χ1n) is 5.12. The van der Waals surface area contributed by atoms with Crippen LogP contribution in [0.3, 0.4) is 0 Å². The van der Waals surface area contributed by atoms with Crippen LogP contribution in [0.1, 0.15) is 12.8 Å². The first-order valence-corrected chi connectivity index (χ1v) is 5.12. The molecule has 0 spiro atoms. The third-order valence-corrected chi connectivity index (χ3v) is 2.45. The van der Waals surface area contributed by atoms with Gasteiger partial charge in [-0.2, -0.15) is 0 Å². The number of nitrogens with zero attached hydrogens (tertiary/aromatic N) is 2. The van der Waals surface area contributed by atoms with Crippen molar-refractivity contribution in [3.63, 3.8) is 0 Å². The van der Waals surface area contributed by atoms with Crippen LogP contribution < -0.4 is 10.6 Å². The van der Waals surface area contributed by atoms with Crippen molar-refractivity contribution in [1.82, 2.24) is 15.3 Å². The summed E-state index contributed by atoms with van der Waals surface area (Å²) in [5, 5.41) is 5.91. The summed E-state index contributed by atoms with van der Waals surface area (Å²) in [4.78, 5) is 19.4. The smallest absolute Gasteiger partial charge is 0.229 e. The molecule has 15 heavy (non-hydrogen) atoms. The van der Waals surface area contributed by atoms with Crippen molar-refractivity contribution in [2.45, 2.75) is 12.8 Å². The number of amides is 1. The van der Waals surface area contributed by atoms with E-state index in [9.17, 15) is 4.79 Å². The summed E-state index contributed by atoms with van der Waals surface area (Å²) in [6.45, 7) is 1.95. The number of hydrogen-bond donors (Lipinski definition) is 2. The molecule has 1 aromatic heterocycles. The molecular weight excluding hydrogens is 192 g/mol. The molecule has 1 fully saturated rings. The Labute approximate surface area is 88.3 Å². The van der Waals surface area contributed by atoms with Gasteiger partial charge in [-0.1, -0.05) is 0 Å². The fraction of sp³-hybridized carbons (Fsp3) is 0.500. The number of rotatable bonds is 3. The van der Waals surface area contributed by atoms with Gasteiger partial charge >= 0.3 is 0 Å². The van der Waals surface area contributed by atoms with E-state index in [2.05, 4.69) is 20.6 Å². The normalized spacial score (nSPS) is 20.1. The Morgan fingerprint density at radius 1 is 1.53 bits per heavy atom. The SMILES string of the molecule is O=C(CC1CCNC1)Nc1ncccn1. The maximum atomic E-state index is 11.5. The molecule has 0 saturated carbocycles. The number of carbonyl (C=O) groups excluding carboxylic acids is 1. The van der Waals surface area contributed by atoms with E-state index in [4.69, 9.17) is 0 Å². The van der Waals surface area contributed by atoms with Crippen LogP contribution in [0.2, 0.25) is 0 Å². The van der Waals surface area contributed by atoms with Gasteiger partial charge in [0.2, 0.25) is 11.9 Å². The molecule has 0 radical (unpaired) electrons. The van der Waals surface area contributed by atoms with Crippen molar-refractivity contribution in [1.29, 1.82) is 0 Å². The first-order chi connectivity index (χ1) is 7.34. The molecule has 1 unspecified atom stereocenters. The summed E-state index contributed by atoms with van der Waals surface area (Å²) in [6, 6.07) is 1.72. The minimum absolute atomic E-state index is 0.00472. The molecule has 1 aliphatic heterocycles. The van der Waals surface area contributed by atoms with Gasteiger partial charge in [-0.25, -0.2) is 9.97 Å². The number of carbonyl (C=O) groups is 1. The zero-order valence-corrected chi connectivity index (χ0v) is 8.44. The second kappa shape index (κ2) is 4.84. The van der Waals surface area contributed by atoms with Crippen molar-refractivity contribution >= 4 is 11.9 Å². The fourth-order valence-electron chi connectivity index (χ4n) is 1.69. The molecule has 1 aliphatic rings. The molecule has 0 aliphatic carbocycles. The summed E-state index contributed by atoms with van der Waals surface area (Å²) < 4.78 is 0. The number of hydrogen-bond acceptors (Lipinski definition) is 4. The molecule has 2 heterocycles. The van der Waals surface area contributed by atoms with Gasteiger partial charge < -0.3 is 5.32 Å². The Morgan fingerprint density at radius 3 is 3.00 bits per heavy atom. The van der Waals surface area contributed by atoms with Gasteiger partial charge in [0.1, 0.15) is 0 Å². The molecular formula is C10H14N4O. The highest BCUT2D eigenvalue weighted by Gasteiger charge is 2.18. The molecule has 5 heteroatoms. The molecule has 1 atom stereocenters. The first kappa shape index (κ1) is 10.0. The fourth-order valence-corrected chi connectivity index (χ4v) is 1.69. The van der Waals surface area contributed by atoms with E-state index in [0.29, 0.717) is 18.3 Å². The summed E-state index contributed by atoms with van der Waals surface area (Å²) >= 11 is 0. The lowest BCUT2D eigenvalue weighted by molar-refractivity contribution is -0.117. The zero-order chi connectivity index (χ0) is 10.5. The highest BCUT2D eigenvalue weighted by molar-refractivity contribution is 5.89. The van der Waals surface area contributed by atoms with E-state index in [1.807, 2.05) is 0 Å². The second-order valence-corrected chi connectivity index (χ2v) is 3.68. The molecule has 80 valence electrons. The Bertz CT molecular complexity index is 321. The topological polar surface area (TPSA) is 66.9 Å². The zero-order valence-electron chi connectivity index (χ0n) is 8.44. The van der Waals surface area contributed by atoms with Crippen LogP contribution in [0.4, 0.5) is 5.95 Å². The van der Waals surface area contributed by atoms with Gasteiger partial charge in [-0.05, 0) is 31.5 Å². The summed E-state index contributed by atoms with van der Waals surface area (Å²) in [5.41, 5.74) is 0. The van der Waals surface area contributed by atoms with Crippen LogP contribution in [-0.2, 0) is 4.79 Å². The van der Waals surface area contributed by atoms with E-state index in [-0.39, 0.29) is 5.91 Å². The Kier molecular flexibility index (Phi) is 3.24. The van der Waals surface area contributed by atoms with Crippen molar-refractivity contribution in [3.8, 4) is 0 Å². The van der Waals surface area contributed by atoms with Crippen LogP contribution in [0, 0.1) is 5.92 Å². The largest absolute Gasteiger partial charge is 0.316 e. The molecule has 1 amide bonds. The van der Waals surface area contributed by atoms with Crippen LogP contribution in [0.25, 0.3) is 0 Å². The van der Waals surface area contributed by atoms with E-state index < -0.39 is 0 Å². The molecule has 1 saturated heterocycles. The van der Waals surface area contributed by atoms with Gasteiger partial charge in [0.25, 0.3) is 0 Å². The minimum atomic E-state index is -0.00472. The lowest BCUT2D eigenvalue weighted by Crippen LogP contribution is -2.19. The van der Waals surface area contributed by atoms with Crippen molar-refractivity contribution in [3.05, 3.63) is 18.5 Å². The summed E-state index contributed by atoms with van der Waals surface area (Å²) in [6.07, 6.45) is 4.84. The van der Waals surface area contributed by atoms with Gasteiger partial charge in [0, 0.05) is 18.8 Å². The highest BCUT2D eigenvalue weighted by atomic mass is 16.1. The predicted molar refractivity (Wildman–Crippen MR) is 56.3 cm³/mol. The molecule has 0 aromatic carbocycles. The summed E-state index contributed by atoms with van der Waals surface area (Å²) in [5.74, 6) is 0.831. The third kappa shape index (κ3) is 2.99.